The molecule has 0 aliphatic rings. The quantitative estimate of drug-likeness (QED) is 0.614. The van der Waals surface area contributed by atoms with Gasteiger partial charge in [0.1, 0.15) is 9.88 Å². The fourth-order valence-corrected chi connectivity index (χ4v) is 3.54. The van der Waals surface area contributed by atoms with Gasteiger partial charge in [-0.25, -0.2) is 4.79 Å². The molecule has 0 spiro atoms. The molecule has 0 bridgehead atoms. The van der Waals surface area contributed by atoms with Crippen LogP contribution in [-0.2, 0) is 11.3 Å². The van der Waals surface area contributed by atoms with E-state index in [0.717, 1.165) is 36.6 Å². The Labute approximate surface area is 144 Å². The maximum Gasteiger partial charge on any atom is 0.345 e. The van der Waals surface area contributed by atoms with E-state index in [1.54, 1.807) is 13.2 Å². The topological polar surface area (TPSA) is 63.5 Å². The first-order valence-corrected chi connectivity index (χ1v) is 8.64. The van der Waals surface area contributed by atoms with E-state index >= 15 is 0 Å². The second-order valence-electron chi connectivity index (χ2n) is 5.51. The normalized spacial score (nSPS) is 11.2. The molecular weight excluding hydrogens is 324 g/mol. The summed E-state index contributed by atoms with van der Waals surface area (Å²) in [5.74, 6) is -0.886. The van der Waals surface area contributed by atoms with E-state index in [-0.39, 0.29) is 0 Å². The number of nitrogens with zero attached hydrogens (tertiary/aromatic N) is 1. The molecule has 0 fully saturated rings. The average molecular weight is 344 g/mol. The first-order chi connectivity index (χ1) is 11.7. The van der Waals surface area contributed by atoms with Crippen LogP contribution in [0.1, 0.15) is 21.7 Å². The number of ether oxygens (including phenoxy) is 1. The molecule has 0 atom stereocenters. The number of para-hydroxylation sites is 1. The van der Waals surface area contributed by atoms with Gasteiger partial charge < -0.3 is 19.7 Å². The van der Waals surface area contributed by atoms with Crippen LogP contribution in [0.5, 0.6) is 0 Å². The second kappa shape index (κ2) is 7.61. The van der Waals surface area contributed by atoms with Crippen molar-refractivity contribution >= 4 is 28.2 Å². The van der Waals surface area contributed by atoms with Crippen molar-refractivity contribution in [3.63, 3.8) is 0 Å². The highest BCUT2D eigenvalue weighted by atomic mass is 32.1. The van der Waals surface area contributed by atoms with E-state index in [1.165, 1.54) is 22.3 Å². The Morgan fingerprint density at radius 1 is 1.29 bits per heavy atom. The summed E-state index contributed by atoms with van der Waals surface area (Å²) in [4.78, 5) is 11.5. The van der Waals surface area contributed by atoms with Gasteiger partial charge in [0.25, 0.3) is 0 Å². The van der Waals surface area contributed by atoms with Crippen LogP contribution >= 0.6 is 11.3 Å². The van der Waals surface area contributed by atoms with E-state index in [1.807, 2.05) is 18.2 Å². The summed E-state index contributed by atoms with van der Waals surface area (Å²) in [5.41, 5.74) is 2.29. The van der Waals surface area contributed by atoms with Gasteiger partial charge in [-0.15, -0.1) is 11.3 Å². The SMILES string of the molecule is COCCCNCc1cn(-c2ccc(C(=O)O)s2)c2ccccc12. The third-order valence-corrected chi connectivity index (χ3v) is 4.92. The van der Waals surface area contributed by atoms with Crippen LogP contribution in [0.25, 0.3) is 15.9 Å². The highest BCUT2D eigenvalue weighted by molar-refractivity contribution is 7.16. The number of fused-ring (bicyclic) bond motifs is 1. The van der Waals surface area contributed by atoms with Gasteiger partial charge >= 0.3 is 5.97 Å². The number of thiophene rings is 1. The molecular formula is C18H20N2O3S. The van der Waals surface area contributed by atoms with Gasteiger partial charge in [-0.1, -0.05) is 18.2 Å². The number of benzene rings is 1. The molecule has 0 saturated carbocycles. The van der Waals surface area contributed by atoms with Gasteiger partial charge in [-0.3, -0.25) is 0 Å². The minimum Gasteiger partial charge on any atom is -0.477 e. The first kappa shape index (κ1) is 16.7. The molecule has 2 aromatic heterocycles. The third-order valence-electron chi connectivity index (χ3n) is 3.85. The van der Waals surface area contributed by atoms with Gasteiger partial charge in [0.2, 0.25) is 0 Å². The number of carboxylic acids is 1. The standard InChI is InChI=1S/C18H20N2O3S/c1-23-10-4-9-19-11-13-12-20(15-6-3-2-5-14(13)15)17-8-7-16(24-17)18(21)22/h2-3,5-8,12,19H,4,9-11H2,1H3,(H,21,22). The van der Waals surface area contributed by atoms with Crippen molar-refractivity contribution in [2.24, 2.45) is 0 Å². The summed E-state index contributed by atoms with van der Waals surface area (Å²) in [6, 6.07) is 11.7. The Kier molecular flexibility index (Phi) is 5.30. The van der Waals surface area contributed by atoms with Gasteiger partial charge in [0.15, 0.2) is 0 Å². The second-order valence-corrected chi connectivity index (χ2v) is 6.57. The molecule has 3 rings (SSSR count). The van der Waals surface area contributed by atoms with Crippen molar-refractivity contribution in [3.8, 4) is 5.00 Å². The zero-order valence-electron chi connectivity index (χ0n) is 13.5. The zero-order valence-corrected chi connectivity index (χ0v) is 14.3. The van der Waals surface area contributed by atoms with E-state index in [0.29, 0.717) is 4.88 Å². The third kappa shape index (κ3) is 3.51. The number of nitrogens with one attached hydrogen (secondary N) is 1. The average Bonchev–Trinajstić information content (AvgIpc) is 3.20. The molecule has 24 heavy (non-hydrogen) atoms. The molecule has 5 nitrogen and oxygen atoms in total. The molecule has 0 radical (unpaired) electrons. The van der Waals surface area contributed by atoms with Crippen LogP contribution in [-0.4, -0.2) is 35.9 Å². The number of hydrogen-bond acceptors (Lipinski definition) is 4. The fourth-order valence-electron chi connectivity index (χ4n) is 2.71. The highest BCUT2D eigenvalue weighted by Crippen LogP contribution is 2.28. The van der Waals surface area contributed by atoms with Gasteiger partial charge in [-0.2, -0.15) is 0 Å². The summed E-state index contributed by atoms with van der Waals surface area (Å²) < 4.78 is 7.13. The Morgan fingerprint density at radius 2 is 2.12 bits per heavy atom. The lowest BCUT2D eigenvalue weighted by molar-refractivity contribution is 0.0702. The van der Waals surface area contributed by atoms with Crippen LogP contribution in [0.15, 0.2) is 42.6 Å². The molecule has 0 amide bonds. The lowest BCUT2D eigenvalue weighted by Crippen LogP contribution is -2.15. The van der Waals surface area contributed by atoms with Crippen molar-refractivity contribution in [2.45, 2.75) is 13.0 Å². The Morgan fingerprint density at radius 3 is 2.88 bits per heavy atom. The summed E-state index contributed by atoms with van der Waals surface area (Å²) in [6.07, 6.45) is 3.06. The Balaban J connectivity index is 1.87. The highest BCUT2D eigenvalue weighted by Gasteiger charge is 2.13. The largest absolute Gasteiger partial charge is 0.477 e. The monoisotopic (exact) mass is 344 g/mol. The van der Waals surface area contributed by atoms with Crippen LogP contribution in [0, 0.1) is 0 Å². The summed E-state index contributed by atoms with van der Waals surface area (Å²) in [7, 11) is 1.71. The summed E-state index contributed by atoms with van der Waals surface area (Å²) in [5, 5.41) is 14.7. The molecule has 0 aliphatic carbocycles. The van der Waals surface area contributed by atoms with E-state index in [9.17, 15) is 4.79 Å². The predicted molar refractivity (Wildman–Crippen MR) is 96.3 cm³/mol. The molecule has 3 aromatic rings. The van der Waals surface area contributed by atoms with E-state index in [4.69, 9.17) is 9.84 Å². The minimum absolute atomic E-state index is 0.349. The Hall–Kier alpha value is -2.15. The van der Waals surface area contributed by atoms with Gasteiger partial charge in [0.05, 0.1) is 5.52 Å². The van der Waals surface area contributed by atoms with Crippen LogP contribution in [0.4, 0.5) is 0 Å². The summed E-state index contributed by atoms with van der Waals surface area (Å²) in [6.45, 7) is 2.42. The number of carbonyl (C=O) groups is 1. The molecule has 1 aromatic carbocycles. The van der Waals surface area contributed by atoms with Crippen LogP contribution in [0.3, 0.4) is 0 Å². The molecule has 0 saturated heterocycles. The molecule has 126 valence electrons. The first-order valence-electron chi connectivity index (χ1n) is 7.83. The van der Waals surface area contributed by atoms with Gasteiger partial charge in [0, 0.05) is 31.8 Å². The number of aromatic carboxylic acids is 1. The predicted octanol–water partition coefficient (Wildman–Crippen LogP) is 3.52. The fraction of sp³-hybridized carbons (Fsp3) is 0.278. The molecule has 2 heterocycles. The van der Waals surface area contributed by atoms with Crippen molar-refractivity contribution in [3.05, 3.63) is 53.0 Å². The summed E-state index contributed by atoms with van der Waals surface area (Å²) >= 11 is 1.28. The molecule has 6 heteroatoms. The zero-order chi connectivity index (χ0) is 16.9. The van der Waals surface area contributed by atoms with Crippen LogP contribution < -0.4 is 5.32 Å². The maximum absolute atomic E-state index is 11.1. The number of carboxylic acid groups (broad SMARTS) is 1. The number of aromatic nitrogens is 1. The molecule has 0 aliphatic heterocycles. The lowest BCUT2D eigenvalue weighted by Gasteiger charge is -2.03. The Bertz CT molecular complexity index is 838. The molecule has 0 unspecified atom stereocenters. The smallest absolute Gasteiger partial charge is 0.345 e. The van der Waals surface area contributed by atoms with E-state index < -0.39 is 5.97 Å². The van der Waals surface area contributed by atoms with Crippen molar-refractivity contribution in [2.75, 3.05) is 20.3 Å². The van der Waals surface area contributed by atoms with Crippen molar-refractivity contribution in [1.29, 1.82) is 0 Å². The number of methoxy groups -OCH3 is 1. The molecule has 2 N–H and O–H groups in total. The minimum atomic E-state index is -0.886. The van der Waals surface area contributed by atoms with Crippen molar-refractivity contribution in [1.82, 2.24) is 9.88 Å². The number of rotatable bonds is 8. The van der Waals surface area contributed by atoms with Crippen molar-refractivity contribution < 1.29 is 14.6 Å². The maximum atomic E-state index is 11.1. The van der Waals surface area contributed by atoms with E-state index in [2.05, 4.69) is 28.2 Å². The van der Waals surface area contributed by atoms with Gasteiger partial charge in [-0.05, 0) is 36.7 Å². The number of hydrogen-bond donors (Lipinski definition) is 2. The lowest BCUT2D eigenvalue weighted by atomic mass is 10.2. The van der Waals surface area contributed by atoms with Crippen LogP contribution in [0.2, 0.25) is 0 Å².